The maximum absolute atomic E-state index is 12.2. The van der Waals surface area contributed by atoms with Gasteiger partial charge in [-0.25, -0.2) is 13.1 Å². The molecule has 0 aliphatic rings. The number of sulfonamides is 1. The van der Waals surface area contributed by atoms with E-state index < -0.39 is 15.6 Å². The molecular formula is C16H24ClNO2S. The third-order valence-electron chi connectivity index (χ3n) is 2.72. The van der Waals surface area contributed by atoms with Gasteiger partial charge in [0, 0.05) is 16.0 Å². The normalized spacial score (nSPS) is 13.8. The van der Waals surface area contributed by atoms with Gasteiger partial charge in [0.1, 0.15) is 0 Å². The Morgan fingerprint density at radius 3 is 2.24 bits per heavy atom. The van der Waals surface area contributed by atoms with Gasteiger partial charge in [-0.05, 0) is 43.4 Å². The first-order chi connectivity index (χ1) is 9.40. The second-order valence-corrected chi connectivity index (χ2v) is 9.07. The van der Waals surface area contributed by atoms with E-state index in [4.69, 9.17) is 11.6 Å². The van der Waals surface area contributed by atoms with E-state index in [9.17, 15) is 8.42 Å². The van der Waals surface area contributed by atoms with E-state index in [2.05, 4.69) is 25.5 Å². The van der Waals surface area contributed by atoms with Crippen LogP contribution in [-0.2, 0) is 10.0 Å². The van der Waals surface area contributed by atoms with Crippen molar-refractivity contribution in [3.8, 4) is 0 Å². The van der Waals surface area contributed by atoms with Crippen molar-refractivity contribution in [3.63, 3.8) is 0 Å². The lowest BCUT2D eigenvalue weighted by atomic mass is 9.82. The summed E-state index contributed by atoms with van der Waals surface area (Å²) in [5.74, 6) is 0. The van der Waals surface area contributed by atoms with Crippen LogP contribution in [0.4, 0.5) is 0 Å². The maximum Gasteiger partial charge on any atom is 0.234 e. The second-order valence-electron chi connectivity index (χ2n) is 7.09. The van der Waals surface area contributed by atoms with Crippen LogP contribution in [0.25, 0.3) is 6.08 Å². The van der Waals surface area contributed by atoms with Crippen LogP contribution in [0.2, 0.25) is 5.02 Å². The molecule has 0 aliphatic carbocycles. The van der Waals surface area contributed by atoms with Crippen LogP contribution in [0, 0.1) is 5.41 Å². The molecule has 0 unspecified atom stereocenters. The van der Waals surface area contributed by atoms with Gasteiger partial charge in [-0.3, -0.25) is 0 Å². The number of hydrogen-bond donors (Lipinski definition) is 1. The fraction of sp³-hybridized carbons (Fsp3) is 0.500. The summed E-state index contributed by atoms with van der Waals surface area (Å²) in [6.45, 7) is 10.0. The highest BCUT2D eigenvalue weighted by Gasteiger charge is 2.28. The molecule has 0 saturated heterocycles. The summed E-state index contributed by atoms with van der Waals surface area (Å²) in [5, 5.41) is 1.69. The summed E-state index contributed by atoms with van der Waals surface area (Å²) in [7, 11) is -3.52. The number of rotatable bonds is 5. The summed E-state index contributed by atoms with van der Waals surface area (Å²) in [6, 6.07) is 7.12. The molecule has 1 rings (SSSR count). The van der Waals surface area contributed by atoms with E-state index in [0.29, 0.717) is 10.6 Å². The van der Waals surface area contributed by atoms with Crippen molar-refractivity contribution in [2.75, 3.05) is 0 Å². The van der Waals surface area contributed by atoms with Gasteiger partial charge < -0.3 is 0 Å². The Kier molecular flexibility index (Phi) is 5.64. The number of hydrogen-bond acceptors (Lipinski definition) is 2. The second kappa shape index (κ2) is 6.51. The molecule has 1 N–H and O–H groups in total. The zero-order valence-electron chi connectivity index (χ0n) is 13.3. The van der Waals surface area contributed by atoms with Crippen molar-refractivity contribution in [1.82, 2.24) is 4.72 Å². The third-order valence-corrected chi connectivity index (χ3v) is 4.40. The molecule has 0 heterocycles. The molecule has 0 aromatic heterocycles. The number of benzene rings is 1. The number of halogens is 1. The zero-order chi connectivity index (χ0) is 16.3. The van der Waals surface area contributed by atoms with Crippen LogP contribution in [-0.4, -0.2) is 14.0 Å². The van der Waals surface area contributed by atoms with Gasteiger partial charge in [-0.2, -0.15) is 0 Å². The highest BCUT2D eigenvalue weighted by atomic mass is 35.5. The van der Waals surface area contributed by atoms with Gasteiger partial charge in [-0.1, -0.05) is 50.6 Å². The van der Waals surface area contributed by atoms with Gasteiger partial charge in [0.05, 0.1) is 0 Å². The van der Waals surface area contributed by atoms with Crippen molar-refractivity contribution in [3.05, 3.63) is 40.3 Å². The Balaban J connectivity index is 2.86. The molecule has 0 radical (unpaired) electrons. The van der Waals surface area contributed by atoms with Crippen LogP contribution in [0.3, 0.4) is 0 Å². The molecule has 0 bridgehead atoms. The van der Waals surface area contributed by atoms with Crippen LogP contribution in [0.5, 0.6) is 0 Å². The summed E-state index contributed by atoms with van der Waals surface area (Å²) in [5.41, 5.74) is 0.207. The Labute approximate surface area is 133 Å². The van der Waals surface area contributed by atoms with E-state index in [1.54, 1.807) is 18.2 Å². The van der Waals surface area contributed by atoms with Gasteiger partial charge in [0.25, 0.3) is 0 Å². The average Bonchev–Trinajstić information content (AvgIpc) is 2.22. The molecule has 0 spiro atoms. The molecule has 5 heteroatoms. The van der Waals surface area contributed by atoms with Gasteiger partial charge in [0.15, 0.2) is 0 Å². The van der Waals surface area contributed by atoms with Crippen LogP contribution < -0.4 is 4.72 Å². The van der Waals surface area contributed by atoms with E-state index in [-0.39, 0.29) is 5.41 Å². The highest BCUT2D eigenvalue weighted by Crippen LogP contribution is 2.27. The molecule has 1 aromatic carbocycles. The fourth-order valence-electron chi connectivity index (χ4n) is 2.55. The maximum atomic E-state index is 12.2. The summed E-state index contributed by atoms with van der Waals surface area (Å²) < 4.78 is 27.1. The van der Waals surface area contributed by atoms with Gasteiger partial charge in [-0.15, -0.1) is 0 Å². The summed E-state index contributed by atoms with van der Waals surface area (Å²) >= 11 is 6.01. The average molecular weight is 330 g/mol. The predicted octanol–water partition coefficient (Wildman–Crippen LogP) is 4.44. The van der Waals surface area contributed by atoms with Crippen LogP contribution in [0.1, 0.15) is 46.6 Å². The molecule has 118 valence electrons. The van der Waals surface area contributed by atoms with Crippen LogP contribution in [0.15, 0.2) is 29.7 Å². The Bertz CT molecular complexity index is 613. The summed E-state index contributed by atoms with van der Waals surface area (Å²) in [6.07, 6.45) is 2.25. The van der Waals surface area contributed by atoms with Crippen LogP contribution >= 0.6 is 11.6 Å². The first-order valence-corrected chi connectivity index (χ1v) is 8.79. The first-order valence-electron chi connectivity index (χ1n) is 6.87. The summed E-state index contributed by atoms with van der Waals surface area (Å²) in [4.78, 5) is 0. The Morgan fingerprint density at radius 1 is 1.14 bits per heavy atom. The standard InChI is InChI=1S/C16H24ClNO2S/c1-15(2,3)12-16(4,5)18-21(19,20)11-10-13-8-6-7-9-14(13)17/h6-11,18H,12H2,1-5H3/b11-10+. The molecule has 0 atom stereocenters. The first kappa shape index (κ1) is 18.2. The van der Waals surface area contributed by atoms with Crippen molar-refractivity contribution < 1.29 is 8.42 Å². The largest absolute Gasteiger partial charge is 0.234 e. The lowest BCUT2D eigenvalue weighted by Crippen LogP contribution is -2.44. The molecule has 0 saturated carbocycles. The molecular weight excluding hydrogens is 306 g/mol. The molecule has 0 amide bonds. The molecule has 3 nitrogen and oxygen atoms in total. The van der Waals surface area contributed by atoms with Crippen molar-refractivity contribution in [2.45, 2.75) is 46.6 Å². The van der Waals surface area contributed by atoms with E-state index in [1.807, 2.05) is 19.9 Å². The van der Waals surface area contributed by atoms with Crippen molar-refractivity contribution in [1.29, 1.82) is 0 Å². The third kappa shape index (κ3) is 7.11. The fourth-order valence-corrected chi connectivity index (χ4v) is 3.99. The van der Waals surface area contributed by atoms with Crippen molar-refractivity contribution in [2.24, 2.45) is 5.41 Å². The topological polar surface area (TPSA) is 46.2 Å². The Hall–Kier alpha value is -0.840. The molecule has 21 heavy (non-hydrogen) atoms. The smallest absolute Gasteiger partial charge is 0.208 e. The van der Waals surface area contributed by atoms with E-state index in [1.165, 1.54) is 11.5 Å². The lowest BCUT2D eigenvalue weighted by molar-refractivity contribution is 0.270. The Morgan fingerprint density at radius 2 is 1.71 bits per heavy atom. The quantitative estimate of drug-likeness (QED) is 0.867. The van der Waals surface area contributed by atoms with Crippen molar-refractivity contribution >= 4 is 27.7 Å². The van der Waals surface area contributed by atoms with Gasteiger partial charge >= 0.3 is 0 Å². The van der Waals surface area contributed by atoms with Gasteiger partial charge in [0.2, 0.25) is 10.0 Å². The molecule has 0 aliphatic heterocycles. The molecule has 0 fully saturated rings. The predicted molar refractivity (Wildman–Crippen MR) is 90.7 cm³/mol. The minimum absolute atomic E-state index is 0.0402. The van der Waals surface area contributed by atoms with E-state index in [0.717, 1.165) is 6.42 Å². The zero-order valence-corrected chi connectivity index (χ0v) is 14.8. The minimum Gasteiger partial charge on any atom is -0.208 e. The minimum atomic E-state index is -3.52. The number of nitrogens with one attached hydrogen (secondary N) is 1. The highest BCUT2D eigenvalue weighted by molar-refractivity contribution is 7.92. The molecule has 1 aromatic rings. The van der Waals surface area contributed by atoms with E-state index >= 15 is 0 Å². The lowest BCUT2D eigenvalue weighted by Gasteiger charge is -2.32. The SMILES string of the molecule is CC(C)(C)CC(C)(C)NS(=O)(=O)/C=C/c1ccccc1Cl. The monoisotopic (exact) mass is 329 g/mol.